The number of ether oxygens (including phenoxy) is 1. The number of H-pyrrole nitrogens is 1. The minimum Gasteiger partial charge on any atom is -0.367 e. The normalized spacial score (nSPS) is 17.8. The maximum absolute atomic E-state index is 13.3. The molecule has 7 heteroatoms. The van der Waals surface area contributed by atoms with Crippen LogP contribution in [-0.2, 0) is 4.74 Å². The Morgan fingerprint density at radius 2 is 2.24 bits per heavy atom. The highest BCUT2D eigenvalue weighted by Crippen LogP contribution is 2.22. The Morgan fingerprint density at radius 3 is 3.08 bits per heavy atom. The molecule has 1 aliphatic heterocycles. The van der Waals surface area contributed by atoms with Crippen molar-refractivity contribution in [2.24, 2.45) is 0 Å². The molecule has 0 spiro atoms. The number of rotatable bonds is 2. The number of nitrogens with one attached hydrogen (secondary N) is 1. The van der Waals surface area contributed by atoms with Crippen molar-refractivity contribution in [2.45, 2.75) is 13.0 Å². The fraction of sp³-hybridized carbons (Fsp3) is 0.278. The fourth-order valence-electron chi connectivity index (χ4n) is 3.00. The number of fused-ring (bicyclic) bond motifs is 1. The number of hydrogen-bond donors (Lipinski definition) is 1. The summed E-state index contributed by atoms with van der Waals surface area (Å²) in [5, 5.41) is 0.802. The molecule has 3 heterocycles. The van der Waals surface area contributed by atoms with Crippen LogP contribution >= 0.6 is 0 Å². The van der Waals surface area contributed by atoms with Crippen molar-refractivity contribution < 1.29 is 13.9 Å². The number of benzene rings is 1. The van der Waals surface area contributed by atoms with Gasteiger partial charge in [-0.25, -0.2) is 14.4 Å². The van der Waals surface area contributed by atoms with Crippen LogP contribution in [0.2, 0.25) is 0 Å². The van der Waals surface area contributed by atoms with Crippen LogP contribution in [0.5, 0.6) is 0 Å². The van der Waals surface area contributed by atoms with Gasteiger partial charge in [-0.2, -0.15) is 0 Å². The zero-order chi connectivity index (χ0) is 17.4. The minimum atomic E-state index is -0.348. The lowest BCUT2D eigenvalue weighted by atomic mass is 10.2. The third kappa shape index (κ3) is 3.10. The summed E-state index contributed by atoms with van der Waals surface area (Å²) in [6, 6.07) is 7.98. The first-order valence-corrected chi connectivity index (χ1v) is 8.09. The number of carbonyl (C=O) groups excluding carboxylic acids is 1. The summed E-state index contributed by atoms with van der Waals surface area (Å²) in [7, 11) is 0. The highest BCUT2D eigenvalue weighted by Gasteiger charge is 2.28. The third-order valence-corrected chi connectivity index (χ3v) is 4.27. The van der Waals surface area contributed by atoms with E-state index in [1.165, 1.54) is 12.1 Å². The van der Waals surface area contributed by atoms with Gasteiger partial charge in [0.15, 0.2) is 5.82 Å². The van der Waals surface area contributed by atoms with Gasteiger partial charge in [-0.3, -0.25) is 4.79 Å². The fourth-order valence-corrected chi connectivity index (χ4v) is 3.00. The molecule has 1 amide bonds. The molecule has 0 aliphatic carbocycles. The lowest BCUT2D eigenvalue weighted by Gasteiger charge is -2.32. The lowest BCUT2D eigenvalue weighted by molar-refractivity contribution is -0.0270. The second-order valence-corrected chi connectivity index (χ2v) is 6.08. The van der Waals surface area contributed by atoms with E-state index in [0.717, 1.165) is 11.1 Å². The van der Waals surface area contributed by atoms with Crippen molar-refractivity contribution in [2.75, 3.05) is 19.7 Å². The number of aromatic amines is 1. The molecule has 0 unspecified atom stereocenters. The molecule has 128 valence electrons. The molecule has 1 atom stereocenters. The number of carbonyl (C=O) groups is 1. The van der Waals surface area contributed by atoms with Crippen molar-refractivity contribution in [1.29, 1.82) is 0 Å². The number of aromatic nitrogens is 3. The molecule has 4 rings (SSSR count). The lowest BCUT2D eigenvalue weighted by Crippen LogP contribution is -2.42. The van der Waals surface area contributed by atoms with Crippen molar-refractivity contribution in [1.82, 2.24) is 19.9 Å². The van der Waals surface area contributed by atoms with Gasteiger partial charge in [-0.05, 0) is 37.3 Å². The van der Waals surface area contributed by atoms with Gasteiger partial charge in [0, 0.05) is 29.3 Å². The van der Waals surface area contributed by atoms with E-state index < -0.39 is 0 Å². The quantitative estimate of drug-likeness (QED) is 0.778. The first-order valence-electron chi connectivity index (χ1n) is 8.09. The summed E-state index contributed by atoms with van der Waals surface area (Å²) >= 11 is 0. The Kier molecular flexibility index (Phi) is 3.93. The van der Waals surface area contributed by atoms with Crippen LogP contribution in [-0.4, -0.2) is 45.5 Å². The summed E-state index contributed by atoms with van der Waals surface area (Å²) in [6.07, 6.45) is 1.34. The van der Waals surface area contributed by atoms with E-state index >= 15 is 0 Å². The number of aryl methyl sites for hydroxylation is 1. The topological polar surface area (TPSA) is 71.1 Å². The number of nitrogens with zero attached hydrogens (tertiary/aromatic N) is 3. The van der Waals surface area contributed by atoms with E-state index in [2.05, 4.69) is 15.0 Å². The Hall–Kier alpha value is -2.80. The van der Waals surface area contributed by atoms with Gasteiger partial charge in [-0.15, -0.1) is 0 Å². The second kappa shape index (κ2) is 6.25. The predicted octanol–water partition coefficient (Wildman–Crippen LogP) is 2.62. The summed E-state index contributed by atoms with van der Waals surface area (Å²) in [6.45, 7) is 3.18. The average molecular weight is 340 g/mol. The van der Waals surface area contributed by atoms with Gasteiger partial charge >= 0.3 is 0 Å². The van der Waals surface area contributed by atoms with Crippen LogP contribution in [0.1, 0.15) is 28.1 Å². The molecule has 3 aromatic rings. The van der Waals surface area contributed by atoms with Crippen molar-refractivity contribution in [3.63, 3.8) is 0 Å². The van der Waals surface area contributed by atoms with Crippen LogP contribution in [0.3, 0.4) is 0 Å². The van der Waals surface area contributed by atoms with E-state index in [0.29, 0.717) is 36.7 Å². The zero-order valence-electron chi connectivity index (χ0n) is 13.7. The highest BCUT2D eigenvalue weighted by atomic mass is 19.1. The van der Waals surface area contributed by atoms with Crippen LogP contribution < -0.4 is 0 Å². The molecule has 2 aromatic heterocycles. The largest absolute Gasteiger partial charge is 0.367 e. The number of hydrogen-bond acceptors (Lipinski definition) is 4. The summed E-state index contributed by atoms with van der Waals surface area (Å²) in [5.41, 5.74) is 1.90. The SMILES string of the molecule is Cc1ccnc([C@@H]2CN(C(=O)c3cc4ccc(F)cc4[nH]3)CCO2)n1. The van der Waals surface area contributed by atoms with Gasteiger partial charge in [0.1, 0.15) is 17.6 Å². The van der Waals surface area contributed by atoms with E-state index in [9.17, 15) is 9.18 Å². The van der Waals surface area contributed by atoms with Crippen LogP contribution in [0.4, 0.5) is 4.39 Å². The number of morpholine rings is 1. The van der Waals surface area contributed by atoms with Crippen molar-refractivity contribution in [3.8, 4) is 0 Å². The Morgan fingerprint density at radius 1 is 1.36 bits per heavy atom. The molecule has 25 heavy (non-hydrogen) atoms. The summed E-state index contributed by atoms with van der Waals surface area (Å²) in [4.78, 5) is 26.1. The van der Waals surface area contributed by atoms with Crippen LogP contribution in [0.15, 0.2) is 36.5 Å². The molecule has 0 radical (unpaired) electrons. The van der Waals surface area contributed by atoms with Gasteiger partial charge < -0.3 is 14.6 Å². The van der Waals surface area contributed by atoms with E-state index in [1.54, 1.807) is 23.2 Å². The second-order valence-electron chi connectivity index (χ2n) is 6.08. The van der Waals surface area contributed by atoms with E-state index in [4.69, 9.17) is 4.74 Å². The zero-order valence-corrected chi connectivity index (χ0v) is 13.7. The van der Waals surface area contributed by atoms with E-state index in [-0.39, 0.29) is 17.8 Å². The number of halogens is 1. The molecule has 1 aromatic carbocycles. The minimum absolute atomic E-state index is 0.141. The monoisotopic (exact) mass is 340 g/mol. The molecule has 1 saturated heterocycles. The van der Waals surface area contributed by atoms with Gasteiger partial charge in [0.25, 0.3) is 5.91 Å². The van der Waals surface area contributed by atoms with Gasteiger partial charge in [0.2, 0.25) is 0 Å². The molecule has 0 bridgehead atoms. The third-order valence-electron chi connectivity index (χ3n) is 4.27. The first kappa shape index (κ1) is 15.7. The van der Waals surface area contributed by atoms with Crippen LogP contribution in [0, 0.1) is 12.7 Å². The molecular formula is C18H17FN4O2. The van der Waals surface area contributed by atoms with Gasteiger partial charge in [-0.1, -0.05) is 0 Å². The Bertz CT molecular complexity index is 940. The first-order chi connectivity index (χ1) is 12.1. The van der Waals surface area contributed by atoms with Gasteiger partial charge in [0.05, 0.1) is 13.2 Å². The number of amides is 1. The molecular weight excluding hydrogens is 323 g/mol. The average Bonchev–Trinajstić information content (AvgIpc) is 3.04. The standard InChI is InChI=1S/C18H17FN4O2/c1-11-4-5-20-17(21-11)16-10-23(6-7-25-16)18(24)15-8-12-2-3-13(19)9-14(12)22-15/h2-5,8-9,16,22H,6-7,10H2,1H3/t16-/m0/s1. The summed E-state index contributed by atoms with van der Waals surface area (Å²) < 4.78 is 19.1. The van der Waals surface area contributed by atoms with E-state index in [1.807, 2.05) is 13.0 Å². The Balaban J connectivity index is 1.56. The van der Waals surface area contributed by atoms with Crippen molar-refractivity contribution in [3.05, 3.63) is 59.6 Å². The summed E-state index contributed by atoms with van der Waals surface area (Å²) in [5.74, 6) is 0.102. The predicted molar refractivity (Wildman–Crippen MR) is 89.6 cm³/mol. The maximum Gasteiger partial charge on any atom is 0.270 e. The molecule has 0 saturated carbocycles. The Labute approximate surface area is 143 Å². The molecule has 6 nitrogen and oxygen atoms in total. The smallest absolute Gasteiger partial charge is 0.270 e. The molecule has 1 N–H and O–H groups in total. The van der Waals surface area contributed by atoms with Crippen molar-refractivity contribution >= 4 is 16.8 Å². The maximum atomic E-state index is 13.3. The van der Waals surface area contributed by atoms with Crippen LogP contribution in [0.25, 0.3) is 10.9 Å². The molecule has 1 aliphatic rings. The highest BCUT2D eigenvalue weighted by molar-refractivity contribution is 5.98. The molecule has 1 fully saturated rings.